The summed E-state index contributed by atoms with van der Waals surface area (Å²) in [6.45, 7) is 0.833. The van der Waals surface area contributed by atoms with Gasteiger partial charge in [0.05, 0.1) is 12.9 Å². The van der Waals surface area contributed by atoms with Crippen LogP contribution in [0.3, 0.4) is 0 Å². The summed E-state index contributed by atoms with van der Waals surface area (Å²) in [6, 6.07) is 17.5. The SMILES string of the molecule is COc1ccccc1OCc1nnc(SCC(=O)O)n1CCc1ccccc1. The summed E-state index contributed by atoms with van der Waals surface area (Å²) in [7, 11) is 1.59. The molecule has 3 rings (SSSR count). The molecule has 28 heavy (non-hydrogen) atoms. The number of benzene rings is 2. The van der Waals surface area contributed by atoms with Crippen molar-refractivity contribution in [3.8, 4) is 11.5 Å². The molecule has 1 aromatic heterocycles. The van der Waals surface area contributed by atoms with Crippen LogP contribution in [0.15, 0.2) is 59.8 Å². The summed E-state index contributed by atoms with van der Waals surface area (Å²) < 4.78 is 13.1. The lowest BCUT2D eigenvalue weighted by atomic mass is 10.1. The number of nitrogens with zero attached hydrogens (tertiary/aromatic N) is 3. The highest BCUT2D eigenvalue weighted by atomic mass is 32.2. The Morgan fingerprint density at radius 3 is 2.50 bits per heavy atom. The van der Waals surface area contributed by atoms with Gasteiger partial charge in [-0.25, -0.2) is 0 Å². The van der Waals surface area contributed by atoms with Crippen molar-refractivity contribution in [3.63, 3.8) is 0 Å². The monoisotopic (exact) mass is 399 g/mol. The van der Waals surface area contributed by atoms with Crippen LogP contribution in [0.2, 0.25) is 0 Å². The van der Waals surface area contributed by atoms with E-state index in [1.165, 1.54) is 5.56 Å². The number of carboxylic acids is 1. The molecule has 0 spiro atoms. The second kappa shape index (κ2) is 9.80. The fraction of sp³-hybridized carbons (Fsp3) is 0.250. The minimum Gasteiger partial charge on any atom is -0.493 e. The van der Waals surface area contributed by atoms with Gasteiger partial charge >= 0.3 is 5.97 Å². The first kappa shape index (κ1) is 19.8. The van der Waals surface area contributed by atoms with Crippen LogP contribution < -0.4 is 9.47 Å². The summed E-state index contributed by atoms with van der Waals surface area (Å²) in [6.07, 6.45) is 0.779. The minimum absolute atomic E-state index is 0.0726. The Morgan fingerprint density at radius 1 is 1.07 bits per heavy atom. The van der Waals surface area contributed by atoms with E-state index < -0.39 is 5.97 Å². The second-order valence-electron chi connectivity index (χ2n) is 5.91. The zero-order chi connectivity index (χ0) is 19.8. The lowest BCUT2D eigenvalue weighted by molar-refractivity contribution is -0.133. The van der Waals surface area contributed by atoms with Crippen LogP contribution in [0.4, 0.5) is 0 Å². The third-order valence-corrected chi connectivity index (χ3v) is 4.96. The Labute approximate surface area is 167 Å². The number of ether oxygens (including phenoxy) is 2. The molecule has 0 unspecified atom stereocenters. The van der Waals surface area contributed by atoms with Gasteiger partial charge in [-0.15, -0.1) is 10.2 Å². The second-order valence-corrected chi connectivity index (χ2v) is 6.85. The Balaban J connectivity index is 1.76. The standard InChI is InChI=1S/C20H21N3O4S/c1-26-16-9-5-6-10-17(16)27-13-18-21-22-20(28-14-19(24)25)23(18)12-11-15-7-3-2-4-8-15/h2-10H,11-14H2,1H3,(H,24,25). The summed E-state index contributed by atoms with van der Waals surface area (Å²) in [4.78, 5) is 10.9. The fourth-order valence-electron chi connectivity index (χ4n) is 2.65. The first-order valence-electron chi connectivity index (χ1n) is 8.74. The third-order valence-electron chi connectivity index (χ3n) is 4.01. The topological polar surface area (TPSA) is 86.5 Å². The van der Waals surface area contributed by atoms with Crippen molar-refractivity contribution in [2.75, 3.05) is 12.9 Å². The van der Waals surface area contributed by atoms with Crippen molar-refractivity contribution >= 4 is 17.7 Å². The van der Waals surface area contributed by atoms with E-state index >= 15 is 0 Å². The highest BCUT2D eigenvalue weighted by molar-refractivity contribution is 7.99. The number of para-hydroxylation sites is 2. The Bertz CT molecular complexity index is 915. The number of carboxylic acid groups (broad SMARTS) is 1. The maximum absolute atomic E-state index is 10.9. The van der Waals surface area contributed by atoms with Crippen molar-refractivity contribution in [1.29, 1.82) is 0 Å². The van der Waals surface area contributed by atoms with Crippen LogP contribution in [0.1, 0.15) is 11.4 Å². The molecular weight excluding hydrogens is 378 g/mol. The molecule has 0 saturated heterocycles. The molecule has 0 aliphatic rings. The summed E-state index contributed by atoms with van der Waals surface area (Å²) in [5, 5.41) is 17.9. The number of methoxy groups -OCH3 is 1. The van der Waals surface area contributed by atoms with Crippen LogP contribution in [0.25, 0.3) is 0 Å². The highest BCUT2D eigenvalue weighted by Gasteiger charge is 2.15. The van der Waals surface area contributed by atoms with Gasteiger partial charge in [-0.05, 0) is 24.1 Å². The predicted octanol–water partition coefficient (Wildman–Crippen LogP) is 3.29. The molecule has 0 aliphatic heterocycles. The molecule has 0 aliphatic carbocycles. The third kappa shape index (κ3) is 5.26. The first-order chi connectivity index (χ1) is 13.7. The number of carbonyl (C=O) groups is 1. The van der Waals surface area contributed by atoms with Gasteiger partial charge in [0.25, 0.3) is 0 Å². The smallest absolute Gasteiger partial charge is 0.313 e. The number of aromatic nitrogens is 3. The van der Waals surface area contributed by atoms with Gasteiger partial charge in [-0.2, -0.15) is 0 Å². The van der Waals surface area contributed by atoms with E-state index in [-0.39, 0.29) is 12.4 Å². The van der Waals surface area contributed by atoms with Gasteiger partial charge in [0, 0.05) is 6.54 Å². The molecule has 146 valence electrons. The Morgan fingerprint density at radius 2 is 1.79 bits per heavy atom. The molecule has 1 N–H and O–H groups in total. The van der Waals surface area contributed by atoms with Crippen molar-refractivity contribution in [2.24, 2.45) is 0 Å². The van der Waals surface area contributed by atoms with E-state index in [2.05, 4.69) is 22.3 Å². The molecule has 0 radical (unpaired) electrons. The van der Waals surface area contributed by atoms with E-state index in [4.69, 9.17) is 14.6 Å². The average Bonchev–Trinajstić information content (AvgIpc) is 3.11. The van der Waals surface area contributed by atoms with Crippen LogP contribution >= 0.6 is 11.8 Å². The van der Waals surface area contributed by atoms with Gasteiger partial charge in [-0.3, -0.25) is 4.79 Å². The molecular formula is C20H21N3O4S. The molecule has 2 aromatic carbocycles. The Kier molecular flexibility index (Phi) is 6.91. The lowest BCUT2D eigenvalue weighted by Gasteiger charge is -2.12. The van der Waals surface area contributed by atoms with Crippen molar-refractivity contribution in [2.45, 2.75) is 24.7 Å². The van der Waals surface area contributed by atoms with Crippen LogP contribution in [0, 0.1) is 0 Å². The molecule has 1 heterocycles. The zero-order valence-electron chi connectivity index (χ0n) is 15.4. The van der Waals surface area contributed by atoms with E-state index in [1.54, 1.807) is 7.11 Å². The largest absolute Gasteiger partial charge is 0.493 e. The van der Waals surface area contributed by atoms with Gasteiger partial charge in [-0.1, -0.05) is 54.2 Å². The number of thioether (sulfide) groups is 1. The zero-order valence-corrected chi connectivity index (χ0v) is 16.3. The number of rotatable bonds is 10. The Hall–Kier alpha value is -3.00. The molecule has 0 bridgehead atoms. The maximum atomic E-state index is 10.9. The van der Waals surface area contributed by atoms with Crippen molar-refractivity contribution < 1.29 is 19.4 Å². The van der Waals surface area contributed by atoms with Crippen molar-refractivity contribution in [1.82, 2.24) is 14.8 Å². The predicted molar refractivity (Wildman–Crippen MR) is 106 cm³/mol. The van der Waals surface area contributed by atoms with Crippen LogP contribution in [-0.2, 0) is 24.4 Å². The van der Waals surface area contributed by atoms with Crippen LogP contribution in [0.5, 0.6) is 11.5 Å². The average molecular weight is 399 g/mol. The summed E-state index contributed by atoms with van der Waals surface area (Å²) in [5.41, 5.74) is 1.18. The minimum atomic E-state index is -0.894. The number of aryl methyl sites for hydroxylation is 1. The van der Waals surface area contributed by atoms with E-state index in [9.17, 15) is 4.79 Å². The van der Waals surface area contributed by atoms with Crippen LogP contribution in [-0.4, -0.2) is 38.7 Å². The number of hydrogen-bond donors (Lipinski definition) is 1. The molecule has 3 aromatic rings. The number of hydrogen-bond acceptors (Lipinski definition) is 6. The van der Waals surface area contributed by atoms with Gasteiger partial charge in [0.15, 0.2) is 22.5 Å². The normalized spacial score (nSPS) is 10.6. The fourth-order valence-corrected chi connectivity index (χ4v) is 3.35. The first-order valence-corrected chi connectivity index (χ1v) is 9.72. The van der Waals surface area contributed by atoms with Crippen molar-refractivity contribution in [3.05, 3.63) is 66.0 Å². The molecule has 0 atom stereocenters. The highest BCUT2D eigenvalue weighted by Crippen LogP contribution is 2.27. The quantitative estimate of drug-likeness (QED) is 0.524. The molecule has 7 nitrogen and oxygen atoms in total. The maximum Gasteiger partial charge on any atom is 0.313 e. The van der Waals surface area contributed by atoms with E-state index in [0.717, 1.165) is 18.2 Å². The molecule has 0 amide bonds. The van der Waals surface area contributed by atoms with Gasteiger partial charge in [0.1, 0.15) is 6.61 Å². The number of aliphatic carboxylic acids is 1. The summed E-state index contributed by atoms with van der Waals surface area (Å²) in [5.74, 6) is 0.918. The summed E-state index contributed by atoms with van der Waals surface area (Å²) >= 11 is 1.15. The molecule has 0 fully saturated rings. The van der Waals surface area contributed by atoms with E-state index in [1.807, 2.05) is 47.0 Å². The van der Waals surface area contributed by atoms with Gasteiger partial charge in [0.2, 0.25) is 0 Å². The van der Waals surface area contributed by atoms with E-state index in [0.29, 0.717) is 29.0 Å². The molecule has 8 heteroatoms. The lowest BCUT2D eigenvalue weighted by Crippen LogP contribution is -2.11. The molecule has 0 saturated carbocycles. The van der Waals surface area contributed by atoms with Gasteiger partial charge < -0.3 is 19.1 Å².